The van der Waals surface area contributed by atoms with Crippen molar-refractivity contribution in [3.63, 3.8) is 0 Å². The number of benzene rings is 1. The number of aliphatic hydroxyl groups excluding tert-OH is 1. The number of methoxy groups -OCH3 is 1. The monoisotopic (exact) mass is 379 g/mol. The third kappa shape index (κ3) is 2.86. The highest BCUT2D eigenvalue weighted by molar-refractivity contribution is 5.40. The van der Waals surface area contributed by atoms with Crippen LogP contribution in [-0.2, 0) is 6.42 Å². The Labute approximate surface area is 168 Å². The van der Waals surface area contributed by atoms with Crippen molar-refractivity contribution in [2.45, 2.75) is 57.1 Å². The van der Waals surface area contributed by atoms with Crippen LogP contribution in [0.5, 0.6) is 5.75 Å². The lowest BCUT2D eigenvalue weighted by Gasteiger charge is -2.50. The molecular formula is C25H33NO2. The SMILES string of the molecule is COc1ccc2c(c1)CC[C@@H]1[C@@H]2CC[C@]2(C)[C@@H](O)[C@@H](NCC3C=CC=C3)C[C@@H]12. The summed E-state index contributed by atoms with van der Waals surface area (Å²) in [5.41, 5.74) is 3.09. The molecule has 1 aromatic rings. The highest BCUT2D eigenvalue weighted by Gasteiger charge is 2.57. The molecule has 0 heterocycles. The summed E-state index contributed by atoms with van der Waals surface area (Å²) in [6.45, 7) is 3.30. The summed E-state index contributed by atoms with van der Waals surface area (Å²) in [7, 11) is 1.75. The van der Waals surface area contributed by atoms with Gasteiger partial charge >= 0.3 is 0 Å². The van der Waals surface area contributed by atoms with Crippen molar-refractivity contribution in [3.05, 3.63) is 53.6 Å². The maximum Gasteiger partial charge on any atom is 0.119 e. The van der Waals surface area contributed by atoms with Crippen molar-refractivity contribution in [1.82, 2.24) is 5.32 Å². The number of ether oxygens (including phenoxy) is 1. The van der Waals surface area contributed by atoms with E-state index in [0.717, 1.165) is 31.6 Å². The summed E-state index contributed by atoms with van der Waals surface area (Å²) in [6, 6.07) is 6.92. The predicted molar refractivity (Wildman–Crippen MR) is 113 cm³/mol. The molecule has 0 saturated heterocycles. The molecule has 4 aliphatic carbocycles. The standard InChI is InChI=1S/C25H33NO2/c1-25-12-11-20-19-10-8-18(28-2)13-17(19)7-9-21(20)22(25)14-23(24(25)27)26-15-16-5-3-4-6-16/h3-6,8,10,13,16,20-24,26-27H,7,9,11-12,14-15H2,1-2H3/t20-,21-,22+,23+,24+,25+/m1/s1. The first kappa shape index (κ1) is 18.4. The number of fused-ring (bicyclic) bond motifs is 5. The van der Waals surface area contributed by atoms with Crippen molar-refractivity contribution in [2.75, 3.05) is 13.7 Å². The first-order chi connectivity index (χ1) is 13.6. The number of hydrogen-bond donors (Lipinski definition) is 2. The minimum absolute atomic E-state index is 0.0597. The summed E-state index contributed by atoms with van der Waals surface area (Å²) in [6.07, 6.45) is 14.3. The quantitative estimate of drug-likeness (QED) is 0.823. The van der Waals surface area contributed by atoms with Crippen LogP contribution in [0.15, 0.2) is 42.5 Å². The zero-order chi connectivity index (χ0) is 19.3. The topological polar surface area (TPSA) is 41.5 Å². The Balaban J connectivity index is 1.35. The first-order valence-electron chi connectivity index (χ1n) is 11.0. The molecule has 28 heavy (non-hydrogen) atoms. The smallest absolute Gasteiger partial charge is 0.119 e. The summed E-state index contributed by atoms with van der Waals surface area (Å²) in [5, 5.41) is 15.0. The van der Waals surface area contributed by atoms with Gasteiger partial charge in [0.15, 0.2) is 0 Å². The number of rotatable bonds is 4. The van der Waals surface area contributed by atoms with Gasteiger partial charge in [-0.15, -0.1) is 0 Å². The van der Waals surface area contributed by atoms with Gasteiger partial charge in [0.25, 0.3) is 0 Å². The van der Waals surface area contributed by atoms with Crippen LogP contribution in [0.3, 0.4) is 0 Å². The fraction of sp³-hybridized carbons (Fsp3) is 0.600. The largest absolute Gasteiger partial charge is 0.497 e. The van der Waals surface area contributed by atoms with Crippen molar-refractivity contribution >= 4 is 0 Å². The number of allylic oxidation sites excluding steroid dienone is 2. The zero-order valence-electron chi connectivity index (χ0n) is 17.1. The zero-order valence-corrected chi connectivity index (χ0v) is 17.1. The van der Waals surface area contributed by atoms with Crippen LogP contribution >= 0.6 is 0 Å². The Hall–Kier alpha value is -1.58. The normalized spacial score (nSPS) is 38.9. The molecule has 0 bridgehead atoms. The summed E-state index contributed by atoms with van der Waals surface area (Å²) in [5.74, 6) is 3.43. The van der Waals surface area contributed by atoms with E-state index in [1.165, 1.54) is 18.4 Å². The van der Waals surface area contributed by atoms with Crippen LogP contribution in [0, 0.1) is 23.2 Å². The van der Waals surface area contributed by atoms with Crippen LogP contribution in [0.1, 0.15) is 49.7 Å². The molecule has 3 heteroatoms. The second kappa shape index (κ2) is 7.03. The number of aryl methyl sites for hydroxylation is 1. The van der Waals surface area contributed by atoms with E-state index < -0.39 is 0 Å². The Morgan fingerprint density at radius 1 is 1.21 bits per heavy atom. The first-order valence-corrected chi connectivity index (χ1v) is 11.0. The second-order valence-electron chi connectivity index (χ2n) is 9.65. The molecule has 1 aromatic carbocycles. The second-order valence-corrected chi connectivity index (χ2v) is 9.65. The van der Waals surface area contributed by atoms with Gasteiger partial charge in [-0.1, -0.05) is 37.3 Å². The molecule has 0 unspecified atom stereocenters. The maximum atomic E-state index is 11.3. The van der Waals surface area contributed by atoms with Crippen LogP contribution in [-0.4, -0.2) is 30.9 Å². The highest BCUT2D eigenvalue weighted by atomic mass is 16.5. The molecule has 2 saturated carbocycles. The van der Waals surface area contributed by atoms with Crippen molar-refractivity contribution < 1.29 is 9.84 Å². The Kier molecular flexibility index (Phi) is 4.64. The molecule has 3 nitrogen and oxygen atoms in total. The van der Waals surface area contributed by atoms with E-state index >= 15 is 0 Å². The number of hydrogen-bond acceptors (Lipinski definition) is 3. The third-order valence-electron chi connectivity index (χ3n) is 8.38. The molecular weight excluding hydrogens is 346 g/mol. The summed E-state index contributed by atoms with van der Waals surface area (Å²) in [4.78, 5) is 0. The van der Waals surface area contributed by atoms with E-state index in [1.807, 2.05) is 0 Å². The fourth-order valence-electron chi connectivity index (χ4n) is 6.80. The van der Waals surface area contributed by atoms with E-state index in [2.05, 4.69) is 54.7 Å². The van der Waals surface area contributed by atoms with Crippen molar-refractivity contribution in [1.29, 1.82) is 0 Å². The Bertz CT molecular complexity index is 788. The average molecular weight is 380 g/mol. The van der Waals surface area contributed by atoms with Gasteiger partial charge in [0.05, 0.1) is 13.2 Å². The molecule has 4 aliphatic rings. The van der Waals surface area contributed by atoms with E-state index in [0.29, 0.717) is 23.7 Å². The van der Waals surface area contributed by atoms with Crippen LogP contribution in [0.25, 0.3) is 0 Å². The maximum absolute atomic E-state index is 11.3. The van der Waals surface area contributed by atoms with Crippen LogP contribution < -0.4 is 10.1 Å². The van der Waals surface area contributed by atoms with Crippen LogP contribution in [0.2, 0.25) is 0 Å². The lowest BCUT2D eigenvalue weighted by atomic mass is 9.55. The number of aliphatic hydroxyl groups is 1. The predicted octanol–water partition coefficient (Wildman–Crippen LogP) is 4.22. The van der Waals surface area contributed by atoms with Crippen LogP contribution in [0.4, 0.5) is 0 Å². The van der Waals surface area contributed by atoms with E-state index in [4.69, 9.17) is 4.74 Å². The molecule has 2 N–H and O–H groups in total. The molecule has 150 valence electrons. The van der Waals surface area contributed by atoms with Crippen molar-refractivity contribution in [3.8, 4) is 5.75 Å². The number of nitrogens with one attached hydrogen (secondary N) is 1. The third-order valence-corrected chi connectivity index (χ3v) is 8.38. The fourth-order valence-corrected chi connectivity index (χ4v) is 6.80. The molecule has 0 amide bonds. The van der Waals surface area contributed by atoms with Gasteiger partial charge in [-0.3, -0.25) is 0 Å². The molecule has 0 spiro atoms. The van der Waals surface area contributed by atoms with Gasteiger partial charge < -0.3 is 15.2 Å². The van der Waals surface area contributed by atoms with Gasteiger partial charge in [-0.05, 0) is 78.5 Å². The summed E-state index contributed by atoms with van der Waals surface area (Å²) >= 11 is 0. The van der Waals surface area contributed by atoms with E-state index in [-0.39, 0.29) is 17.6 Å². The molecule has 0 aliphatic heterocycles. The minimum Gasteiger partial charge on any atom is -0.497 e. The molecule has 2 fully saturated rings. The van der Waals surface area contributed by atoms with E-state index in [1.54, 1.807) is 12.7 Å². The minimum atomic E-state index is -0.231. The lowest BCUT2D eigenvalue weighted by molar-refractivity contribution is -0.0280. The van der Waals surface area contributed by atoms with Gasteiger partial charge in [0, 0.05) is 18.5 Å². The highest BCUT2D eigenvalue weighted by Crippen LogP contribution is 2.61. The van der Waals surface area contributed by atoms with Gasteiger partial charge in [0.2, 0.25) is 0 Å². The Morgan fingerprint density at radius 2 is 2.04 bits per heavy atom. The molecule has 6 atom stereocenters. The molecule has 5 rings (SSSR count). The Morgan fingerprint density at radius 3 is 2.82 bits per heavy atom. The summed E-state index contributed by atoms with van der Waals surface area (Å²) < 4.78 is 5.45. The van der Waals surface area contributed by atoms with E-state index in [9.17, 15) is 5.11 Å². The average Bonchev–Trinajstić information content (AvgIpc) is 3.32. The van der Waals surface area contributed by atoms with Gasteiger partial charge in [-0.2, -0.15) is 0 Å². The molecule has 0 aromatic heterocycles. The van der Waals surface area contributed by atoms with Gasteiger partial charge in [0.1, 0.15) is 5.75 Å². The van der Waals surface area contributed by atoms with Crippen molar-refractivity contribution in [2.24, 2.45) is 23.2 Å². The van der Waals surface area contributed by atoms with Gasteiger partial charge in [-0.25, -0.2) is 0 Å². The molecule has 0 radical (unpaired) electrons. The lowest BCUT2D eigenvalue weighted by Crippen LogP contribution is -2.47.